The SMILES string of the molecule is N#Cc1c(F)cc(-c2ccc(-c3ccc4c(c3)nc(-c3ccccc3)c3ccc5nsnc5c34)cc2)c(F)c1F.N#Cc1c(F)cc(-c2ccc(-c3ccc4c(c3)nc(-c3ccccc3)c3ccc5nsnc5c34)cc2)cc1F.N#Cc1cc(F)c(-c2ccc(-c3ccc4c(c3)nc(-c3ccccc3)c3ccc5nsnc5c34)cc2)c(F)c1F. The molecule has 21 aromatic rings. The van der Waals surface area contributed by atoms with Crippen LogP contribution in [0.2, 0.25) is 0 Å². The Labute approximate surface area is 682 Å². The average molecular weight is 1620 g/mol. The van der Waals surface area contributed by atoms with Crippen molar-refractivity contribution in [2.75, 3.05) is 0 Å². The lowest BCUT2D eigenvalue weighted by atomic mass is 9.95. The Morgan fingerprint density at radius 3 is 0.941 bits per heavy atom. The normalized spacial score (nSPS) is 11.3. The van der Waals surface area contributed by atoms with Crippen molar-refractivity contribution in [1.82, 2.24) is 41.2 Å². The van der Waals surface area contributed by atoms with E-state index in [9.17, 15) is 35.1 Å². The molecule has 0 saturated heterocycles. The van der Waals surface area contributed by atoms with E-state index >= 15 is 0 Å². The van der Waals surface area contributed by atoms with E-state index in [-0.39, 0.29) is 11.1 Å². The van der Waals surface area contributed by atoms with Gasteiger partial charge in [0.2, 0.25) is 0 Å². The summed E-state index contributed by atoms with van der Waals surface area (Å²) in [5, 5.41) is 35.6. The zero-order valence-corrected chi connectivity index (χ0v) is 63.6. The number of fused-ring (bicyclic) bond motifs is 15. The molecule has 119 heavy (non-hydrogen) atoms. The van der Waals surface area contributed by atoms with Gasteiger partial charge in [0.25, 0.3) is 0 Å². The molecule has 0 saturated carbocycles. The standard InChI is InChI=1S/2C32H15F3N4S.C32H16F2N4S/c33-24-14-21(16-36)29(34)30(35)27(24)18-8-6-17(7-9-18)20-10-11-22-26(15-20)37-31(19-4-2-1-3-5-19)23-12-13-25-32(28(22)23)39-40-38-25;33-25-15-23(29(34)30(35)24(25)16-36)18-8-6-17(7-9-18)20-10-11-21-27(14-20)37-31(19-4-2-1-3-5-19)22-12-13-26-32(28(21)22)39-40-38-26;33-26-14-22(15-27(34)25(26)17-35)19-8-6-18(7-9-19)21-10-11-23-29(16-21)36-31(20-4-2-1-3-5-20)24-12-13-28-32(30(23)24)38-39-37-28/h2*1-15H;1-16H. The van der Waals surface area contributed by atoms with E-state index in [4.69, 9.17) is 30.7 Å². The number of hydrogen-bond donors (Lipinski definition) is 0. The van der Waals surface area contributed by atoms with Crippen LogP contribution >= 0.6 is 35.2 Å². The minimum Gasteiger partial charge on any atom is -0.247 e. The van der Waals surface area contributed by atoms with Crippen molar-refractivity contribution in [3.8, 4) is 119 Å². The van der Waals surface area contributed by atoms with E-state index < -0.39 is 68.8 Å². The van der Waals surface area contributed by atoms with Crippen LogP contribution < -0.4 is 0 Å². The van der Waals surface area contributed by atoms with Crippen molar-refractivity contribution in [1.29, 1.82) is 15.8 Å². The Bertz CT molecular complexity index is 7850. The molecule has 0 radical (unpaired) electrons. The summed E-state index contributed by atoms with van der Waals surface area (Å²) in [4.78, 5) is 15.2. The van der Waals surface area contributed by atoms with Gasteiger partial charge in [0.1, 0.15) is 85.7 Å². The molecule has 564 valence electrons. The molecule has 0 aliphatic rings. The zero-order valence-electron chi connectivity index (χ0n) is 61.2. The third-order valence-electron chi connectivity index (χ3n) is 21.0. The number of benzene rings is 15. The van der Waals surface area contributed by atoms with Crippen LogP contribution in [0.5, 0.6) is 0 Å². The van der Waals surface area contributed by atoms with Crippen molar-refractivity contribution in [2.24, 2.45) is 0 Å². The maximum absolute atomic E-state index is 14.6. The van der Waals surface area contributed by atoms with Crippen LogP contribution in [0.3, 0.4) is 0 Å². The van der Waals surface area contributed by atoms with Gasteiger partial charge in [-0.2, -0.15) is 42.0 Å². The van der Waals surface area contributed by atoms with Gasteiger partial charge in [-0.25, -0.2) is 50.1 Å². The van der Waals surface area contributed by atoms with Gasteiger partial charge in [0.15, 0.2) is 23.3 Å². The van der Waals surface area contributed by atoms with Crippen LogP contribution in [0.1, 0.15) is 16.7 Å². The number of nitrogens with zero attached hydrogens (tertiary/aromatic N) is 12. The van der Waals surface area contributed by atoms with Crippen LogP contribution in [0.25, 0.3) is 199 Å². The highest BCUT2D eigenvalue weighted by atomic mass is 32.1. The molecule has 6 aromatic heterocycles. The monoisotopic (exact) mass is 1610 g/mol. The highest BCUT2D eigenvalue weighted by Crippen LogP contribution is 2.44. The summed E-state index contributed by atoms with van der Waals surface area (Å²) in [6.07, 6.45) is 0. The van der Waals surface area contributed by atoms with Gasteiger partial charge in [-0.3, -0.25) is 0 Å². The van der Waals surface area contributed by atoms with Crippen LogP contribution in [0, 0.1) is 80.5 Å². The summed E-state index contributed by atoms with van der Waals surface area (Å²) in [5.74, 6) is -9.35. The lowest BCUT2D eigenvalue weighted by Gasteiger charge is -2.12. The second-order valence-corrected chi connectivity index (χ2v) is 29.3. The molecule has 0 N–H and O–H groups in total. The fourth-order valence-corrected chi connectivity index (χ4v) is 16.8. The van der Waals surface area contributed by atoms with Crippen LogP contribution in [-0.2, 0) is 0 Å². The van der Waals surface area contributed by atoms with Crippen molar-refractivity contribution in [2.45, 2.75) is 0 Å². The van der Waals surface area contributed by atoms with Crippen molar-refractivity contribution in [3.63, 3.8) is 0 Å². The van der Waals surface area contributed by atoms with E-state index in [2.05, 4.69) is 56.6 Å². The summed E-state index contributed by atoms with van der Waals surface area (Å²) in [5.41, 5.74) is 16.7. The van der Waals surface area contributed by atoms with Crippen LogP contribution in [0.4, 0.5) is 35.1 Å². The number of pyridine rings is 3. The highest BCUT2D eigenvalue weighted by molar-refractivity contribution is 7.00. The molecular weight excluding hydrogens is 1570 g/mol. The highest BCUT2D eigenvalue weighted by Gasteiger charge is 2.25. The fourth-order valence-electron chi connectivity index (χ4n) is 15.2. The maximum Gasteiger partial charge on any atom is 0.180 e. The first-order chi connectivity index (χ1) is 58.2. The van der Waals surface area contributed by atoms with E-state index in [1.165, 1.54) is 71.6 Å². The summed E-state index contributed by atoms with van der Waals surface area (Å²) in [6.45, 7) is 0. The molecule has 0 unspecified atom stereocenters. The molecular formula is C96H46F8N12S3. The number of halogens is 8. The van der Waals surface area contributed by atoms with E-state index in [0.717, 1.165) is 171 Å². The predicted octanol–water partition coefficient (Wildman–Crippen LogP) is 25.9. The van der Waals surface area contributed by atoms with Gasteiger partial charge < -0.3 is 0 Å². The fraction of sp³-hybridized carbons (Fsp3) is 0. The Kier molecular flexibility index (Phi) is 18.9. The Balaban J connectivity index is 0.000000118. The molecule has 6 heterocycles. The van der Waals surface area contributed by atoms with Crippen LogP contribution in [-0.4, -0.2) is 41.2 Å². The average Bonchev–Trinajstić information content (AvgIpc) is 1.73. The quantitative estimate of drug-likeness (QED) is 0.0757. The van der Waals surface area contributed by atoms with Gasteiger partial charge >= 0.3 is 0 Å². The molecule has 0 atom stereocenters. The summed E-state index contributed by atoms with van der Waals surface area (Å²) in [6, 6.07) is 89.0. The Morgan fingerprint density at radius 1 is 0.235 bits per heavy atom. The molecule has 21 rings (SSSR count). The maximum atomic E-state index is 14.6. The molecule has 0 fully saturated rings. The van der Waals surface area contributed by atoms with Gasteiger partial charge in [0.05, 0.1) is 79.9 Å². The zero-order chi connectivity index (χ0) is 81.3. The Hall–Kier alpha value is -15.3. The second kappa shape index (κ2) is 30.5. The topological polar surface area (TPSA) is 187 Å². The third kappa shape index (κ3) is 13.2. The molecule has 12 nitrogen and oxygen atoms in total. The molecule has 23 heteroatoms. The molecule has 0 amide bonds. The van der Waals surface area contributed by atoms with E-state index in [1.807, 2.05) is 176 Å². The van der Waals surface area contributed by atoms with Gasteiger partial charge in [-0.1, -0.05) is 200 Å². The van der Waals surface area contributed by atoms with Crippen LogP contribution in [0.15, 0.2) is 279 Å². The first-order valence-electron chi connectivity index (χ1n) is 36.7. The number of nitriles is 3. The molecule has 0 spiro atoms. The van der Waals surface area contributed by atoms with Gasteiger partial charge in [-0.15, -0.1) is 0 Å². The first kappa shape index (κ1) is 73.8. The predicted molar refractivity (Wildman–Crippen MR) is 453 cm³/mol. The lowest BCUT2D eigenvalue weighted by Crippen LogP contribution is -1.98. The first-order valence-corrected chi connectivity index (χ1v) is 38.9. The number of aromatic nitrogens is 9. The minimum atomic E-state index is -1.49. The Morgan fingerprint density at radius 2 is 0.571 bits per heavy atom. The van der Waals surface area contributed by atoms with Crippen molar-refractivity contribution in [3.05, 3.63) is 342 Å². The smallest absolute Gasteiger partial charge is 0.180 e. The molecule has 15 aromatic carbocycles. The van der Waals surface area contributed by atoms with E-state index in [0.29, 0.717) is 22.8 Å². The second-order valence-electron chi connectivity index (χ2n) is 27.7. The van der Waals surface area contributed by atoms with E-state index in [1.54, 1.807) is 42.5 Å². The number of hydrogen-bond acceptors (Lipinski definition) is 15. The summed E-state index contributed by atoms with van der Waals surface area (Å²) >= 11 is 3.54. The molecule has 0 aliphatic heterocycles. The van der Waals surface area contributed by atoms with Crippen molar-refractivity contribution < 1.29 is 35.1 Å². The summed E-state index contributed by atoms with van der Waals surface area (Å²) in [7, 11) is 0. The molecule has 0 bridgehead atoms. The van der Waals surface area contributed by atoms with Gasteiger partial charge in [-0.05, 0) is 134 Å². The third-order valence-corrected chi connectivity index (χ3v) is 22.6. The van der Waals surface area contributed by atoms with Gasteiger partial charge in [0, 0.05) is 70.7 Å². The minimum absolute atomic E-state index is 0.164. The van der Waals surface area contributed by atoms with Crippen molar-refractivity contribution >= 4 is 133 Å². The molecule has 0 aliphatic carbocycles. The number of rotatable bonds is 9. The largest absolute Gasteiger partial charge is 0.247 e. The summed E-state index contributed by atoms with van der Waals surface area (Å²) < 4.78 is 142. The lowest BCUT2D eigenvalue weighted by molar-refractivity contribution is 0.494.